The van der Waals surface area contributed by atoms with E-state index in [2.05, 4.69) is 54.5 Å². The average Bonchev–Trinajstić information content (AvgIpc) is 2.97. The highest BCUT2D eigenvalue weighted by Gasteiger charge is 2.49. The van der Waals surface area contributed by atoms with Crippen LogP contribution < -0.4 is 5.32 Å². The second-order valence-corrected chi connectivity index (χ2v) is 8.94. The molecule has 1 aromatic carbocycles. The predicted molar refractivity (Wildman–Crippen MR) is 100 cm³/mol. The molecule has 0 atom stereocenters. The predicted octanol–water partition coefficient (Wildman–Crippen LogP) is 5.43. The fraction of sp³-hybridized carbons (Fsp3) is 0.550. The Labute approximate surface area is 148 Å². The number of rotatable bonds is 4. The Hall–Kier alpha value is -1.55. The molecule has 4 heteroatoms. The van der Waals surface area contributed by atoms with Crippen molar-refractivity contribution in [3.8, 4) is 5.88 Å². The van der Waals surface area contributed by atoms with E-state index in [9.17, 15) is 5.11 Å². The van der Waals surface area contributed by atoms with Gasteiger partial charge in [-0.25, -0.2) is 0 Å². The lowest BCUT2D eigenvalue weighted by atomic mass is 9.55. The van der Waals surface area contributed by atoms with Crippen LogP contribution in [0.25, 0.3) is 0 Å². The Balaban J connectivity index is 1.51. The van der Waals surface area contributed by atoms with Crippen LogP contribution in [0.5, 0.6) is 5.88 Å². The number of aromatic hydroxyl groups is 1. The van der Waals surface area contributed by atoms with Gasteiger partial charge in [-0.15, -0.1) is 0 Å². The molecular formula is C20H26N2OS. The lowest BCUT2D eigenvalue weighted by Gasteiger charge is -2.54. The first-order valence-corrected chi connectivity index (χ1v) is 9.87. The highest BCUT2D eigenvalue weighted by molar-refractivity contribution is 7.16. The summed E-state index contributed by atoms with van der Waals surface area (Å²) in [6.07, 6.45) is 7.33. The van der Waals surface area contributed by atoms with Gasteiger partial charge in [0.2, 0.25) is 5.88 Å². The summed E-state index contributed by atoms with van der Waals surface area (Å²) < 4.78 is 0. The molecule has 24 heavy (non-hydrogen) atoms. The van der Waals surface area contributed by atoms with E-state index >= 15 is 0 Å². The molecule has 0 amide bonds. The van der Waals surface area contributed by atoms with Crippen LogP contribution in [0.15, 0.2) is 30.3 Å². The second kappa shape index (κ2) is 5.76. The monoisotopic (exact) mass is 342 g/mol. The van der Waals surface area contributed by atoms with Crippen LogP contribution in [0.3, 0.4) is 0 Å². The van der Waals surface area contributed by atoms with Crippen LogP contribution in [0.4, 0.5) is 5.13 Å². The number of thiazole rings is 1. The van der Waals surface area contributed by atoms with Crippen molar-refractivity contribution in [1.82, 2.24) is 4.98 Å². The van der Waals surface area contributed by atoms with Gasteiger partial charge in [-0.05, 0) is 55.4 Å². The minimum Gasteiger partial charge on any atom is -0.492 e. The molecule has 0 saturated heterocycles. The molecule has 128 valence electrons. The van der Waals surface area contributed by atoms with Crippen molar-refractivity contribution in [1.29, 1.82) is 0 Å². The molecule has 2 bridgehead atoms. The summed E-state index contributed by atoms with van der Waals surface area (Å²) >= 11 is 1.62. The van der Waals surface area contributed by atoms with E-state index in [-0.39, 0.29) is 11.4 Å². The number of anilines is 1. The van der Waals surface area contributed by atoms with Crippen LogP contribution in [0, 0.1) is 0 Å². The number of hydrogen-bond acceptors (Lipinski definition) is 4. The molecule has 2 aromatic rings. The molecule has 0 aliphatic heterocycles. The topological polar surface area (TPSA) is 45.2 Å². The van der Waals surface area contributed by atoms with E-state index in [1.54, 1.807) is 11.3 Å². The first-order chi connectivity index (χ1) is 11.5. The Bertz CT molecular complexity index is 698. The minimum absolute atomic E-state index is 0.176. The smallest absolute Gasteiger partial charge is 0.227 e. The zero-order valence-electron chi connectivity index (χ0n) is 14.5. The van der Waals surface area contributed by atoms with E-state index in [0.29, 0.717) is 11.3 Å². The van der Waals surface area contributed by atoms with Crippen molar-refractivity contribution >= 4 is 16.5 Å². The van der Waals surface area contributed by atoms with Crippen LogP contribution >= 0.6 is 11.3 Å². The highest BCUT2D eigenvalue weighted by atomic mass is 32.1. The Morgan fingerprint density at radius 3 is 2.21 bits per heavy atom. The number of aromatic nitrogens is 1. The van der Waals surface area contributed by atoms with E-state index in [1.807, 2.05) is 0 Å². The van der Waals surface area contributed by atoms with Crippen molar-refractivity contribution in [2.45, 2.75) is 69.2 Å². The molecular weight excluding hydrogens is 316 g/mol. The standard InChI is InChI=1S/C20H26N2OS/c1-14(2)16-17(23)21-18(24-16)22-20-11-8-19(9-12-20,10-13-20)15-6-4-3-5-7-15/h3-7,14,23H,8-13H2,1-2H3,(H,21,22). The zero-order chi connectivity index (χ0) is 16.8. The number of benzene rings is 1. The third kappa shape index (κ3) is 2.61. The summed E-state index contributed by atoms with van der Waals surface area (Å²) in [7, 11) is 0. The quantitative estimate of drug-likeness (QED) is 0.779. The molecule has 2 N–H and O–H groups in total. The van der Waals surface area contributed by atoms with Crippen molar-refractivity contribution < 1.29 is 5.11 Å². The first-order valence-electron chi connectivity index (χ1n) is 9.05. The van der Waals surface area contributed by atoms with E-state index in [4.69, 9.17) is 0 Å². The van der Waals surface area contributed by atoms with E-state index in [1.165, 1.54) is 44.1 Å². The molecule has 1 aromatic heterocycles. The van der Waals surface area contributed by atoms with Crippen LogP contribution in [-0.4, -0.2) is 15.6 Å². The maximum absolute atomic E-state index is 10.0. The Morgan fingerprint density at radius 2 is 1.67 bits per heavy atom. The maximum Gasteiger partial charge on any atom is 0.227 e. The zero-order valence-corrected chi connectivity index (χ0v) is 15.3. The van der Waals surface area contributed by atoms with Gasteiger partial charge in [0.25, 0.3) is 0 Å². The van der Waals surface area contributed by atoms with Gasteiger partial charge in [-0.2, -0.15) is 4.98 Å². The van der Waals surface area contributed by atoms with Crippen molar-refractivity contribution in [2.75, 3.05) is 5.32 Å². The van der Waals surface area contributed by atoms with Crippen LogP contribution in [0.2, 0.25) is 0 Å². The largest absolute Gasteiger partial charge is 0.492 e. The molecule has 0 radical (unpaired) electrons. The molecule has 0 unspecified atom stereocenters. The fourth-order valence-electron chi connectivity index (χ4n) is 4.58. The van der Waals surface area contributed by atoms with Crippen molar-refractivity contribution in [2.24, 2.45) is 0 Å². The fourth-order valence-corrected chi connectivity index (χ4v) is 5.56. The summed E-state index contributed by atoms with van der Waals surface area (Å²) in [4.78, 5) is 5.36. The van der Waals surface area contributed by atoms with Gasteiger partial charge < -0.3 is 10.4 Å². The normalized spacial score (nSPS) is 29.1. The molecule has 5 rings (SSSR count). The summed E-state index contributed by atoms with van der Waals surface area (Å²) in [5.41, 5.74) is 2.08. The average molecular weight is 343 g/mol. The van der Waals surface area contributed by atoms with Crippen LogP contribution in [-0.2, 0) is 5.41 Å². The maximum atomic E-state index is 10.0. The molecule has 1 heterocycles. The van der Waals surface area contributed by atoms with Gasteiger partial charge in [0.1, 0.15) is 0 Å². The van der Waals surface area contributed by atoms with Gasteiger partial charge in [0, 0.05) is 5.54 Å². The molecule has 3 aliphatic rings. The van der Waals surface area contributed by atoms with Crippen LogP contribution in [0.1, 0.15) is 68.7 Å². The third-order valence-corrected chi connectivity index (χ3v) is 7.42. The van der Waals surface area contributed by atoms with Gasteiger partial charge in [-0.3, -0.25) is 0 Å². The van der Waals surface area contributed by atoms with Gasteiger partial charge in [-0.1, -0.05) is 55.5 Å². The SMILES string of the molecule is CC(C)c1sc(NC23CCC(c4ccccc4)(CC2)CC3)nc1O. The minimum atomic E-state index is 0.176. The summed E-state index contributed by atoms with van der Waals surface area (Å²) in [6, 6.07) is 11.1. The Morgan fingerprint density at radius 1 is 1.04 bits per heavy atom. The lowest BCUT2D eigenvalue weighted by molar-refractivity contribution is 0.121. The summed E-state index contributed by atoms with van der Waals surface area (Å²) in [6.45, 7) is 4.20. The van der Waals surface area contributed by atoms with Crippen molar-refractivity contribution in [3.63, 3.8) is 0 Å². The molecule has 0 spiro atoms. The number of nitrogens with zero attached hydrogens (tertiary/aromatic N) is 1. The molecule has 3 nitrogen and oxygen atoms in total. The van der Waals surface area contributed by atoms with Gasteiger partial charge in [0.15, 0.2) is 5.13 Å². The molecule has 3 saturated carbocycles. The second-order valence-electron chi connectivity index (χ2n) is 7.91. The van der Waals surface area contributed by atoms with E-state index in [0.717, 1.165) is 10.0 Å². The number of nitrogens with one attached hydrogen (secondary N) is 1. The van der Waals surface area contributed by atoms with Gasteiger partial charge >= 0.3 is 0 Å². The number of fused-ring (bicyclic) bond motifs is 3. The van der Waals surface area contributed by atoms with E-state index < -0.39 is 0 Å². The molecule has 3 aliphatic carbocycles. The van der Waals surface area contributed by atoms with Crippen molar-refractivity contribution in [3.05, 3.63) is 40.8 Å². The third-order valence-electron chi connectivity index (χ3n) is 6.16. The van der Waals surface area contributed by atoms with Gasteiger partial charge in [0.05, 0.1) is 4.88 Å². The summed E-state index contributed by atoms with van der Waals surface area (Å²) in [5, 5.41) is 14.7. The highest BCUT2D eigenvalue weighted by Crippen LogP contribution is 2.54. The first kappa shape index (κ1) is 15.9. The lowest BCUT2D eigenvalue weighted by Crippen LogP contribution is -2.52. The number of hydrogen-bond donors (Lipinski definition) is 2. The summed E-state index contributed by atoms with van der Waals surface area (Å²) in [5.74, 6) is 0.526. The Kier molecular flexibility index (Phi) is 3.83. The molecule has 3 fully saturated rings.